The number of nitrogens with zero attached hydrogens (tertiary/aromatic N) is 1. The molecule has 0 saturated heterocycles. The summed E-state index contributed by atoms with van der Waals surface area (Å²) in [5.74, 6) is 0. The molecule has 98 valence electrons. The van der Waals surface area contributed by atoms with Gasteiger partial charge in [-0.25, -0.2) is 4.79 Å². The maximum Gasteiger partial charge on any atom is 0.414 e. The van der Waals surface area contributed by atoms with Crippen molar-refractivity contribution in [1.82, 2.24) is 0 Å². The van der Waals surface area contributed by atoms with E-state index in [-0.39, 0.29) is 6.54 Å². The number of benzene rings is 1. The molecule has 1 aliphatic heterocycles. The van der Waals surface area contributed by atoms with Crippen LogP contribution in [0, 0.1) is 0 Å². The number of rotatable bonds is 0. The molecule has 0 spiro atoms. The van der Waals surface area contributed by atoms with Crippen molar-refractivity contribution < 1.29 is 14.6 Å². The molecule has 4 heteroatoms. The Kier molecular flexibility index (Phi) is 2.86. The molecule has 0 aliphatic carbocycles. The number of para-hydroxylation sites is 1. The molecular formula is C14H19NO3. The van der Waals surface area contributed by atoms with E-state index >= 15 is 0 Å². The van der Waals surface area contributed by atoms with Crippen molar-refractivity contribution in [2.45, 2.75) is 38.9 Å². The van der Waals surface area contributed by atoms with Gasteiger partial charge >= 0.3 is 6.09 Å². The lowest BCUT2D eigenvalue weighted by molar-refractivity contribution is 0.0479. The van der Waals surface area contributed by atoms with E-state index < -0.39 is 17.3 Å². The average molecular weight is 249 g/mol. The van der Waals surface area contributed by atoms with Crippen LogP contribution in [0.25, 0.3) is 0 Å². The Bertz CT molecular complexity index is 474. The van der Waals surface area contributed by atoms with Gasteiger partial charge in [0.05, 0.1) is 12.2 Å². The lowest BCUT2D eigenvalue weighted by Gasteiger charge is -2.25. The highest BCUT2D eigenvalue weighted by atomic mass is 16.6. The fourth-order valence-electron chi connectivity index (χ4n) is 2.12. The van der Waals surface area contributed by atoms with E-state index in [9.17, 15) is 9.90 Å². The molecule has 0 bridgehead atoms. The molecule has 1 amide bonds. The molecule has 0 fully saturated rings. The van der Waals surface area contributed by atoms with Crippen LogP contribution in [-0.4, -0.2) is 23.3 Å². The topological polar surface area (TPSA) is 49.8 Å². The van der Waals surface area contributed by atoms with Gasteiger partial charge in [-0.15, -0.1) is 0 Å². The summed E-state index contributed by atoms with van der Waals surface area (Å²) in [5.41, 5.74) is -0.0823. The quantitative estimate of drug-likeness (QED) is 0.769. The molecule has 1 atom stereocenters. The predicted molar refractivity (Wildman–Crippen MR) is 69.6 cm³/mol. The third-order valence-electron chi connectivity index (χ3n) is 2.85. The molecule has 1 aromatic rings. The molecule has 18 heavy (non-hydrogen) atoms. The van der Waals surface area contributed by atoms with Crippen LogP contribution >= 0.6 is 0 Å². The lowest BCUT2D eigenvalue weighted by atomic mass is 9.99. The number of hydrogen-bond donors (Lipinski definition) is 1. The minimum absolute atomic E-state index is 0.223. The van der Waals surface area contributed by atoms with E-state index in [0.717, 1.165) is 11.3 Å². The van der Waals surface area contributed by atoms with Crippen LogP contribution in [0.1, 0.15) is 33.3 Å². The van der Waals surface area contributed by atoms with Crippen LogP contribution in [0.3, 0.4) is 0 Å². The van der Waals surface area contributed by atoms with Gasteiger partial charge in [0.2, 0.25) is 0 Å². The van der Waals surface area contributed by atoms with Crippen LogP contribution in [0.15, 0.2) is 24.3 Å². The molecule has 0 aromatic heterocycles. The Morgan fingerprint density at radius 1 is 1.39 bits per heavy atom. The first-order chi connectivity index (χ1) is 8.21. The highest BCUT2D eigenvalue weighted by Gasteiger charge is 2.41. The number of carbonyl (C=O) groups is 1. The van der Waals surface area contributed by atoms with Gasteiger partial charge in [-0.2, -0.15) is 0 Å². The zero-order chi connectivity index (χ0) is 13.6. The van der Waals surface area contributed by atoms with Gasteiger partial charge in [-0.3, -0.25) is 4.90 Å². The summed E-state index contributed by atoms with van der Waals surface area (Å²) in [6.45, 7) is 7.40. The maximum absolute atomic E-state index is 12.1. The third kappa shape index (κ3) is 2.34. The molecule has 1 aromatic carbocycles. The third-order valence-corrected chi connectivity index (χ3v) is 2.85. The molecule has 1 unspecified atom stereocenters. The fraction of sp³-hybridized carbons (Fsp3) is 0.500. The van der Waals surface area contributed by atoms with Crippen LogP contribution < -0.4 is 4.90 Å². The van der Waals surface area contributed by atoms with E-state index in [1.807, 2.05) is 45.0 Å². The molecule has 0 saturated carbocycles. The molecule has 1 aliphatic rings. The molecule has 1 N–H and O–H groups in total. The van der Waals surface area contributed by atoms with Crippen molar-refractivity contribution in [3.8, 4) is 0 Å². The van der Waals surface area contributed by atoms with Crippen molar-refractivity contribution in [2.24, 2.45) is 0 Å². The molecule has 0 radical (unpaired) electrons. The van der Waals surface area contributed by atoms with E-state index in [1.54, 1.807) is 6.92 Å². The first-order valence-corrected chi connectivity index (χ1v) is 6.03. The van der Waals surface area contributed by atoms with E-state index in [2.05, 4.69) is 0 Å². The molecular weight excluding hydrogens is 230 g/mol. The second-order valence-corrected chi connectivity index (χ2v) is 5.86. The summed E-state index contributed by atoms with van der Waals surface area (Å²) < 4.78 is 5.35. The summed E-state index contributed by atoms with van der Waals surface area (Å²) in [6.07, 6.45) is -0.423. The SMILES string of the molecule is CC(C)(C)OC(=O)N1CC(C)(O)c2ccccc21. The van der Waals surface area contributed by atoms with Gasteiger partial charge in [-0.05, 0) is 33.8 Å². The minimum atomic E-state index is -1.02. The summed E-state index contributed by atoms with van der Waals surface area (Å²) in [6, 6.07) is 7.35. The molecule has 4 nitrogen and oxygen atoms in total. The maximum atomic E-state index is 12.1. The number of ether oxygens (including phenoxy) is 1. The average Bonchev–Trinajstić information content (AvgIpc) is 2.50. The van der Waals surface area contributed by atoms with E-state index in [0.29, 0.717) is 0 Å². The number of fused-ring (bicyclic) bond motifs is 1. The normalized spacial score (nSPS) is 22.8. The van der Waals surface area contributed by atoms with Crippen LogP contribution in [0.2, 0.25) is 0 Å². The predicted octanol–water partition coefficient (Wildman–Crippen LogP) is 2.65. The number of β-amino-alcohol motifs (C(OH)–C–C–N with tert-alkyl or cyclic N) is 1. The Hall–Kier alpha value is -1.55. The van der Waals surface area contributed by atoms with Gasteiger partial charge < -0.3 is 9.84 Å². The van der Waals surface area contributed by atoms with Gasteiger partial charge in [-0.1, -0.05) is 18.2 Å². The van der Waals surface area contributed by atoms with Crippen molar-refractivity contribution >= 4 is 11.8 Å². The Morgan fingerprint density at radius 3 is 2.61 bits per heavy atom. The molecule has 2 rings (SSSR count). The number of amides is 1. The fourth-order valence-corrected chi connectivity index (χ4v) is 2.12. The van der Waals surface area contributed by atoms with Crippen molar-refractivity contribution in [3.05, 3.63) is 29.8 Å². The minimum Gasteiger partial charge on any atom is -0.443 e. The lowest BCUT2D eigenvalue weighted by Crippen LogP contribution is -2.39. The van der Waals surface area contributed by atoms with Gasteiger partial charge in [0.1, 0.15) is 11.2 Å². The number of hydrogen-bond acceptors (Lipinski definition) is 3. The zero-order valence-corrected chi connectivity index (χ0v) is 11.2. The van der Waals surface area contributed by atoms with Crippen LogP contribution in [0.4, 0.5) is 10.5 Å². The summed E-state index contributed by atoms with van der Waals surface area (Å²) in [5, 5.41) is 10.3. The van der Waals surface area contributed by atoms with Crippen molar-refractivity contribution in [2.75, 3.05) is 11.4 Å². The second kappa shape index (κ2) is 3.99. The largest absolute Gasteiger partial charge is 0.443 e. The number of carbonyl (C=O) groups excluding carboxylic acids is 1. The monoisotopic (exact) mass is 249 g/mol. The highest BCUT2D eigenvalue weighted by Crippen LogP contribution is 2.39. The van der Waals surface area contributed by atoms with Crippen molar-refractivity contribution in [1.29, 1.82) is 0 Å². The zero-order valence-electron chi connectivity index (χ0n) is 11.2. The Labute approximate surface area is 107 Å². The summed E-state index contributed by atoms with van der Waals surface area (Å²) in [4.78, 5) is 13.6. The van der Waals surface area contributed by atoms with Crippen molar-refractivity contribution in [3.63, 3.8) is 0 Å². The van der Waals surface area contributed by atoms with E-state index in [4.69, 9.17) is 4.74 Å². The van der Waals surface area contributed by atoms with Crippen LogP contribution in [0.5, 0.6) is 0 Å². The van der Waals surface area contributed by atoms with Gasteiger partial charge in [0.25, 0.3) is 0 Å². The number of anilines is 1. The van der Waals surface area contributed by atoms with Crippen LogP contribution in [-0.2, 0) is 10.3 Å². The Morgan fingerprint density at radius 2 is 2.00 bits per heavy atom. The van der Waals surface area contributed by atoms with Gasteiger partial charge in [0, 0.05) is 5.56 Å². The second-order valence-electron chi connectivity index (χ2n) is 5.86. The standard InChI is InChI=1S/C14H19NO3/c1-13(2,3)18-12(16)15-9-14(4,17)10-7-5-6-8-11(10)15/h5-8,17H,9H2,1-4H3. The first kappa shape index (κ1) is 12.9. The summed E-state index contributed by atoms with van der Waals surface area (Å²) >= 11 is 0. The summed E-state index contributed by atoms with van der Waals surface area (Å²) in [7, 11) is 0. The molecule has 1 heterocycles. The van der Waals surface area contributed by atoms with E-state index in [1.165, 1.54) is 4.90 Å². The number of aliphatic hydroxyl groups is 1. The highest BCUT2D eigenvalue weighted by molar-refractivity contribution is 5.91. The van der Waals surface area contributed by atoms with Gasteiger partial charge in [0.15, 0.2) is 0 Å². The smallest absolute Gasteiger partial charge is 0.414 e. The first-order valence-electron chi connectivity index (χ1n) is 6.03. The Balaban J connectivity index is 2.31.